The summed E-state index contributed by atoms with van der Waals surface area (Å²) in [6.07, 6.45) is 2.77. The first-order valence-corrected chi connectivity index (χ1v) is 10.5. The monoisotopic (exact) mass is 506 g/mol. The van der Waals surface area contributed by atoms with Crippen LogP contribution < -0.4 is 19.7 Å². The number of nitrogens with one attached hydrogen (secondary N) is 1. The predicted molar refractivity (Wildman–Crippen MR) is 125 cm³/mol. The Labute approximate surface area is 204 Å². The number of anilines is 2. The van der Waals surface area contributed by atoms with Crippen molar-refractivity contribution in [3.8, 4) is 12.0 Å². The Morgan fingerprint density at radius 3 is 2.09 bits per heavy atom. The molecule has 13 heteroatoms. The van der Waals surface area contributed by atoms with Gasteiger partial charge < -0.3 is 24.8 Å². The average molecular weight is 507 g/mol. The molecular weight excluding hydrogens is 487 g/mol. The topological polar surface area (TPSA) is 140 Å². The summed E-state index contributed by atoms with van der Waals surface area (Å²) in [5, 5.41) is 12.8. The lowest BCUT2D eigenvalue weighted by Gasteiger charge is -2.25. The highest BCUT2D eigenvalue weighted by molar-refractivity contribution is 6.40. The molecule has 0 radical (unpaired) electrons. The third-order valence-corrected chi connectivity index (χ3v) is 5.31. The van der Waals surface area contributed by atoms with E-state index < -0.39 is 17.9 Å². The first-order chi connectivity index (χ1) is 16.2. The first-order valence-electron chi connectivity index (χ1n) is 9.72. The molecule has 11 nitrogen and oxygen atoms in total. The van der Waals surface area contributed by atoms with Gasteiger partial charge in [-0.05, 0) is 17.7 Å². The van der Waals surface area contributed by atoms with E-state index in [9.17, 15) is 14.7 Å². The van der Waals surface area contributed by atoms with Crippen molar-refractivity contribution in [3.05, 3.63) is 57.8 Å². The van der Waals surface area contributed by atoms with Crippen molar-refractivity contribution < 1.29 is 24.2 Å². The molecule has 0 saturated carbocycles. The van der Waals surface area contributed by atoms with E-state index in [-0.39, 0.29) is 40.0 Å². The molecule has 1 amide bonds. The molecular formula is C21H20Cl2N6O5. The van der Waals surface area contributed by atoms with Gasteiger partial charge in [0.15, 0.2) is 0 Å². The molecule has 0 unspecified atom stereocenters. The highest BCUT2D eigenvalue weighted by atomic mass is 35.5. The van der Waals surface area contributed by atoms with Crippen LogP contribution in [-0.2, 0) is 11.2 Å². The zero-order valence-corrected chi connectivity index (χ0v) is 19.8. The summed E-state index contributed by atoms with van der Waals surface area (Å²) in [4.78, 5) is 41.8. The molecule has 0 fully saturated rings. The second-order valence-electron chi connectivity index (χ2n) is 6.91. The zero-order valence-electron chi connectivity index (χ0n) is 18.3. The highest BCUT2D eigenvalue weighted by Crippen LogP contribution is 2.24. The van der Waals surface area contributed by atoms with Gasteiger partial charge >= 0.3 is 18.0 Å². The largest absolute Gasteiger partial charge is 0.480 e. The lowest BCUT2D eigenvalue weighted by atomic mass is 10.0. The number of ether oxygens (including phenoxy) is 2. The molecule has 0 aliphatic carbocycles. The van der Waals surface area contributed by atoms with Crippen molar-refractivity contribution in [2.75, 3.05) is 31.5 Å². The number of carbonyl (C=O) groups is 2. The summed E-state index contributed by atoms with van der Waals surface area (Å²) in [7, 11) is 4.30. The second kappa shape index (κ2) is 10.9. The third kappa shape index (κ3) is 5.80. The maximum Gasteiger partial charge on any atom is 0.326 e. The molecule has 2 aromatic heterocycles. The van der Waals surface area contributed by atoms with E-state index in [0.717, 1.165) is 0 Å². The molecule has 34 heavy (non-hydrogen) atoms. The van der Waals surface area contributed by atoms with Crippen LogP contribution in [0.2, 0.25) is 10.0 Å². The quantitative estimate of drug-likeness (QED) is 0.444. The number of carboxylic acids is 1. The summed E-state index contributed by atoms with van der Waals surface area (Å²) in [6, 6.07) is 5.66. The maximum absolute atomic E-state index is 12.5. The Bertz CT molecular complexity index is 1150. The Hall–Kier alpha value is -3.70. The van der Waals surface area contributed by atoms with Crippen LogP contribution in [0.1, 0.15) is 15.9 Å². The van der Waals surface area contributed by atoms with Gasteiger partial charge in [-0.3, -0.25) is 9.78 Å². The van der Waals surface area contributed by atoms with E-state index in [1.807, 2.05) is 0 Å². The molecule has 2 N–H and O–H groups in total. The third-order valence-electron chi connectivity index (χ3n) is 4.74. The summed E-state index contributed by atoms with van der Waals surface area (Å²) in [6.45, 7) is 0. The number of pyridine rings is 1. The standard InChI is InChI=1S/C21H20Cl2N6O5/c1-29(19-26-20(33-2)28-21(27-19)34-3)15(18(31)32)8-11-4-6-12(7-5-11)25-17(30)16-13(22)9-24-10-14(16)23/h4-7,9-10,15H,8H2,1-3H3,(H,25,30)(H,31,32)/t15-/m0/s1. The van der Waals surface area contributed by atoms with Gasteiger partial charge in [0.1, 0.15) is 6.04 Å². The number of hydrogen-bond donors (Lipinski definition) is 2. The lowest BCUT2D eigenvalue weighted by molar-refractivity contribution is -0.138. The molecule has 0 saturated heterocycles. The number of likely N-dealkylation sites (N-methyl/N-ethyl adjacent to an activating group) is 1. The van der Waals surface area contributed by atoms with Crippen molar-refractivity contribution >= 4 is 46.7 Å². The van der Waals surface area contributed by atoms with E-state index in [2.05, 4.69) is 25.3 Å². The fraction of sp³-hybridized carbons (Fsp3) is 0.238. The number of carbonyl (C=O) groups excluding carboxylic acids is 1. The van der Waals surface area contributed by atoms with Crippen LogP contribution >= 0.6 is 23.2 Å². The van der Waals surface area contributed by atoms with Gasteiger partial charge in [-0.2, -0.15) is 9.97 Å². The van der Waals surface area contributed by atoms with Gasteiger partial charge in [0.2, 0.25) is 5.95 Å². The van der Waals surface area contributed by atoms with E-state index >= 15 is 0 Å². The minimum atomic E-state index is -1.08. The first kappa shape index (κ1) is 24.9. The van der Waals surface area contributed by atoms with Gasteiger partial charge in [0.25, 0.3) is 5.91 Å². The summed E-state index contributed by atoms with van der Waals surface area (Å²) in [5.41, 5.74) is 1.29. The van der Waals surface area contributed by atoms with Crippen LogP contribution in [0.3, 0.4) is 0 Å². The Morgan fingerprint density at radius 2 is 1.59 bits per heavy atom. The van der Waals surface area contributed by atoms with Crippen molar-refractivity contribution in [3.63, 3.8) is 0 Å². The summed E-state index contributed by atoms with van der Waals surface area (Å²) >= 11 is 12.0. The van der Waals surface area contributed by atoms with E-state index in [1.165, 1.54) is 31.5 Å². The zero-order chi connectivity index (χ0) is 24.8. The minimum absolute atomic E-state index is 0.00710. The molecule has 1 aromatic carbocycles. The SMILES string of the molecule is COc1nc(OC)nc(N(C)[C@@H](Cc2ccc(NC(=O)c3c(Cl)cncc3Cl)cc2)C(=O)O)n1. The minimum Gasteiger partial charge on any atom is -0.480 e. The number of carboxylic acid groups (broad SMARTS) is 1. The number of aliphatic carboxylic acids is 1. The van der Waals surface area contributed by atoms with Crippen LogP contribution in [0.5, 0.6) is 12.0 Å². The van der Waals surface area contributed by atoms with Crippen LogP contribution in [0, 0.1) is 0 Å². The van der Waals surface area contributed by atoms with E-state index in [0.29, 0.717) is 11.3 Å². The second-order valence-corrected chi connectivity index (χ2v) is 7.72. The Kier molecular flexibility index (Phi) is 8.03. The maximum atomic E-state index is 12.5. The van der Waals surface area contributed by atoms with Gasteiger partial charge in [0, 0.05) is 31.5 Å². The van der Waals surface area contributed by atoms with Gasteiger partial charge in [-0.15, -0.1) is 4.98 Å². The number of rotatable bonds is 9. The van der Waals surface area contributed by atoms with E-state index in [4.69, 9.17) is 32.7 Å². The van der Waals surface area contributed by atoms with Crippen molar-refractivity contribution in [1.29, 1.82) is 0 Å². The number of nitrogens with zero attached hydrogens (tertiary/aromatic N) is 5. The van der Waals surface area contributed by atoms with Gasteiger partial charge in [-0.25, -0.2) is 4.79 Å². The molecule has 178 valence electrons. The average Bonchev–Trinajstić information content (AvgIpc) is 2.82. The predicted octanol–water partition coefficient (Wildman–Crippen LogP) is 2.98. The molecule has 0 spiro atoms. The Morgan fingerprint density at radius 1 is 1.03 bits per heavy atom. The molecule has 2 heterocycles. The number of aromatic nitrogens is 4. The molecule has 3 aromatic rings. The Balaban J connectivity index is 1.76. The lowest BCUT2D eigenvalue weighted by Crippen LogP contribution is -2.41. The number of halogens is 2. The van der Waals surface area contributed by atoms with E-state index in [1.54, 1.807) is 31.3 Å². The van der Waals surface area contributed by atoms with Crippen molar-refractivity contribution in [1.82, 2.24) is 19.9 Å². The normalized spacial score (nSPS) is 11.4. The molecule has 0 aliphatic heterocycles. The fourth-order valence-corrected chi connectivity index (χ4v) is 3.50. The molecule has 1 atom stereocenters. The van der Waals surface area contributed by atoms with Crippen LogP contribution in [0.15, 0.2) is 36.7 Å². The van der Waals surface area contributed by atoms with Crippen molar-refractivity contribution in [2.45, 2.75) is 12.5 Å². The molecule has 0 aliphatic rings. The van der Waals surface area contributed by atoms with Crippen LogP contribution in [0.4, 0.5) is 11.6 Å². The molecule has 3 rings (SSSR count). The summed E-state index contributed by atoms with van der Waals surface area (Å²) in [5.74, 6) is -1.50. The van der Waals surface area contributed by atoms with Crippen LogP contribution in [0.25, 0.3) is 0 Å². The number of amides is 1. The smallest absolute Gasteiger partial charge is 0.326 e. The van der Waals surface area contributed by atoms with Gasteiger partial charge in [-0.1, -0.05) is 35.3 Å². The van der Waals surface area contributed by atoms with Crippen LogP contribution in [-0.4, -0.2) is 64.2 Å². The highest BCUT2D eigenvalue weighted by Gasteiger charge is 2.26. The summed E-state index contributed by atoms with van der Waals surface area (Å²) < 4.78 is 10.1. The number of hydrogen-bond acceptors (Lipinski definition) is 9. The fourth-order valence-electron chi connectivity index (χ4n) is 2.97. The van der Waals surface area contributed by atoms with Gasteiger partial charge in [0.05, 0.1) is 29.8 Å². The van der Waals surface area contributed by atoms with Crippen molar-refractivity contribution in [2.24, 2.45) is 0 Å². The molecule has 0 bridgehead atoms. The number of methoxy groups -OCH3 is 2. The number of benzene rings is 1.